The molecule has 3 N–H and O–H groups in total. The van der Waals surface area contributed by atoms with Crippen LogP contribution in [-0.2, 0) is 34.3 Å². The lowest BCUT2D eigenvalue weighted by Gasteiger charge is -2.15. The molecule has 0 aliphatic carbocycles. The van der Waals surface area contributed by atoms with E-state index in [-0.39, 0.29) is 40.8 Å². The van der Waals surface area contributed by atoms with E-state index in [2.05, 4.69) is 5.32 Å². The fourth-order valence-corrected chi connectivity index (χ4v) is 4.48. The van der Waals surface area contributed by atoms with Crippen molar-refractivity contribution in [2.45, 2.75) is 80.5 Å². The maximum absolute atomic E-state index is 13.0. The van der Waals surface area contributed by atoms with Crippen LogP contribution in [0.15, 0.2) is 70.3 Å². The number of hydrogen-bond donors (Lipinski definition) is 3. The molecule has 0 saturated carbocycles. The zero-order valence-corrected chi connectivity index (χ0v) is 30.1. The average molecular weight is 665 g/mol. The minimum atomic E-state index is -0.794. The van der Waals surface area contributed by atoms with Crippen LogP contribution in [0.1, 0.15) is 65.2 Å². The van der Waals surface area contributed by atoms with Crippen LogP contribution in [0, 0.1) is 6.92 Å². The Labute approximate surface area is 283 Å². The molecule has 11 heteroatoms. The van der Waals surface area contributed by atoms with Gasteiger partial charge in [0.2, 0.25) is 5.91 Å². The average Bonchev–Trinajstić information content (AvgIpc) is 3.04. The van der Waals surface area contributed by atoms with Crippen molar-refractivity contribution in [3.8, 4) is 17.2 Å². The van der Waals surface area contributed by atoms with Gasteiger partial charge >= 0.3 is 11.7 Å². The first-order valence-electron chi connectivity index (χ1n) is 16.2. The van der Waals surface area contributed by atoms with Gasteiger partial charge in [-0.15, -0.1) is 0 Å². The second-order valence-electron chi connectivity index (χ2n) is 11.1. The van der Waals surface area contributed by atoms with E-state index in [0.29, 0.717) is 16.6 Å². The molecule has 1 atom stereocenters. The molecule has 0 bridgehead atoms. The summed E-state index contributed by atoms with van der Waals surface area (Å²) in [5, 5.41) is 22.1. The molecule has 0 spiro atoms. The van der Waals surface area contributed by atoms with Gasteiger partial charge in [0.25, 0.3) is 5.56 Å². The van der Waals surface area contributed by atoms with E-state index in [1.54, 1.807) is 33.0 Å². The molecule has 4 aromatic rings. The summed E-state index contributed by atoms with van der Waals surface area (Å²) in [5.74, 6) is -1.36. The number of nitrogens with one attached hydrogen (secondary N) is 1. The van der Waals surface area contributed by atoms with Crippen molar-refractivity contribution in [3.63, 3.8) is 0 Å². The van der Waals surface area contributed by atoms with Crippen molar-refractivity contribution in [3.05, 3.63) is 98.2 Å². The molecule has 0 fully saturated rings. The molecular weight excluding hydrogens is 612 g/mol. The molecule has 48 heavy (non-hydrogen) atoms. The van der Waals surface area contributed by atoms with Crippen LogP contribution in [-0.4, -0.2) is 62.4 Å². The number of carbonyl (C=O) groups is 2. The number of benzene rings is 3. The predicted molar refractivity (Wildman–Crippen MR) is 192 cm³/mol. The van der Waals surface area contributed by atoms with Crippen LogP contribution < -0.4 is 16.6 Å². The number of esters is 1. The van der Waals surface area contributed by atoms with Gasteiger partial charge in [-0.05, 0) is 83.8 Å². The minimum absolute atomic E-state index is 0.120. The number of phenols is 2. The van der Waals surface area contributed by atoms with Crippen molar-refractivity contribution >= 4 is 22.8 Å². The number of ether oxygens (including phenoxy) is 1. The molecule has 3 aromatic carbocycles. The van der Waals surface area contributed by atoms with Gasteiger partial charge < -0.3 is 25.2 Å². The first kappa shape index (κ1) is 41.1. The summed E-state index contributed by atoms with van der Waals surface area (Å²) in [4.78, 5) is 51.0. The molecule has 262 valence electrons. The summed E-state index contributed by atoms with van der Waals surface area (Å²) >= 11 is 0. The molecule has 11 nitrogen and oxygen atoms in total. The molecule has 1 aromatic heterocycles. The molecular formula is C37H52N4O7. The third-order valence-electron chi connectivity index (χ3n) is 6.67. The Kier molecular flexibility index (Phi) is 16.9. The summed E-state index contributed by atoms with van der Waals surface area (Å²) in [6.07, 6.45) is -0.485. The molecule has 0 aliphatic heterocycles. The summed E-state index contributed by atoms with van der Waals surface area (Å²) in [5.41, 5.74) is 2.86. The molecule has 1 heterocycles. The van der Waals surface area contributed by atoms with E-state index in [4.69, 9.17) is 4.74 Å². The number of carbonyl (C=O) groups excluding carboxylic acids is 2. The predicted octanol–water partition coefficient (Wildman–Crippen LogP) is 5.21. The number of rotatable bonds is 8. The Morgan fingerprint density at radius 2 is 1.46 bits per heavy atom. The Morgan fingerprint density at radius 1 is 0.896 bits per heavy atom. The standard InChI is InChI=1S/C19H21N3O2.C14H19NO5.2C2H6/c1-13-5-8-15(9-6-13)22-18(23)16-11-14(12-20(2)3)7-10-17(16)21(4)19(22)24;1-8(2)20-14(19)9(3)15-13(18)7-10-11(16)5-4-6-12(10)17;2*1-2/h5-11H,12H2,1-4H3;4-6,8-9,16-17H,7H2,1-3H3,(H,15,18);2*1-2H3. The van der Waals surface area contributed by atoms with Crippen molar-refractivity contribution in [1.29, 1.82) is 0 Å². The van der Waals surface area contributed by atoms with Gasteiger partial charge in [0.05, 0.1) is 29.1 Å². The molecule has 0 aliphatic rings. The fourth-order valence-electron chi connectivity index (χ4n) is 4.48. The number of fused-ring (bicyclic) bond motifs is 1. The topological polar surface area (TPSA) is 143 Å². The first-order chi connectivity index (χ1) is 22.7. The van der Waals surface area contributed by atoms with Crippen LogP contribution in [0.25, 0.3) is 16.6 Å². The van der Waals surface area contributed by atoms with E-state index in [9.17, 15) is 29.4 Å². The third kappa shape index (κ3) is 11.4. The van der Waals surface area contributed by atoms with Crippen molar-refractivity contribution in [1.82, 2.24) is 19.4 Å². The van der Waals surface area contributed by atoms with Gasteiger partial charge in [0.1, 0.15) is 17.5 Å². The lowest BCUT2D eigenvalue weighted by Crippen LogP contribution is -2.41. The molecule has 0 radical (unpaired) electrons. The smallest absolute Gasteiger partial charge is 0.335 e. The highest BCUT2D eigenvalue weighted by molar-refractivity contribution is 5.86. The number of aryl methyl sites for hydroxylation is 2. The third-order valence-corrected chi connectivity index (χ3v) is 6.67. The SMILES string of the molecule is CC.CC.CC(C)OC(=O)C(C)NC(=O)Cc1c(O)cccc1O.Cc1ccc(-n2c(=O)c3cc(CN(C)C)ccc3n(C)c2=O)cc1. The van der Waals surface area contributed by atoms with Crippen molar-refractivity contribution in [2.24, 2.45) is 7.05 Å². The van der Waals surface area contributed by atoms with E-state index < -0.39 is 17.9 Å². The number of aromatic nitrogens is 2. The lowest BCUT2D eigenvalue weighted by atomic mass is 10.1. The fraction of sp³-hybridized carbons (Fsp3) is 0.405. The summed E-state index contributed by atoms with van der Waals surface area (Å²) < 4.78 is 7.72. The van der Waals surface area contributed by atoms with Gasteiger partial charge in [0, 0.05) is 19.2 Å². The summed E-state index contributed by atoms with van der Waals surface area (Å²) in [6, 6.07) is 16.5. The molecule has 1 unspecified atom stereocenters. The van der Waals surface area contributed by atoms with Gasteiger partial charge in [-0.25, -0.2) is 14.2 Å². The van der Waals surface area contributed by atoms with Crippen molar-refractivity contribution in [2.75, 3.05) is 14.1 Å². The second-order valence-corrected chi connectivity index (χ2v) is 11.1. The number of nitrogens with zero attached hydrogens (tertiary/aromatic N) is 3. The van der Waals surface area contributed by atoms with Crippen LogP contribution in [0.2, 0.25) is 0 Å². The number of hydrogen-bond acceptors (Lipinski definition) is 8. The van der Waals surface area contributed by atoms with Gasteiger partial charge in [-0.1, -0.05) is 57.5 Å². The zero-order valence-electron chi connectivity index (χ0n) is 30.1. The van der Waals surface area contributed by atoms with Crippen molar-refractivity contribution < 1.29 is 24.5 Å². The van der Waals surface area contributed by atoms with Gasteiger partial charge in [-0.3, -0.25) is 14.2 Å². The Morgan fingerprint density at radius 3 is 1.98 bits per heavy atom. The van der Waals surface area contributed by atoms with Crippen LogP contribution in [0.5, 0.6) is 11.5 Å². The molecule has 0 saturated heterocycles. The highest BCUT2D eigenvalue weighted by atomic mass is 16.5. The number of amides is 1. The quantitative estimate of drug-likeness (QED) is 0.218. The maximum Gasteiger partial charge on any atom is 0.335 e. The summed E-state index contributed by atoms with van der Waals surface area (Å²) in [7, 11) is 5.66. The number of aromatic hydroxyl groups is 2. The highest BCUT2D eigenvalue weighted by Gasteiger charge is 2.20. The highest BCUT2D eigenvalue weighted by Crippen LogP contribution is 2.26. The molecule has 4 rings (SSSR count). The zero-order chi connectivity index (χ0) is 36.7. The van der Waals surface area contributed by atoms with Crippen LogP contribution >= 0.6 is 0 Å². The largest absolute Gasteiger partial charge is 0.508 e. The number of phenolic OH excluding ortho intramolecular Hbond substituents is 2. The normalized spacial score (nSPS) is 10.9. The Hall–Kier alpha value is -4.90. The summed E-state index contributed by atoms with van der Waals surface area (Å²) in [6.45, 7) is 15.6. The van der Waals surface area contributed by atoms with Crippen LogP contribution in [0.3, 0.4) is 0 Å². The monoisotopic (exact) mass is 664 g/mol. The first-order valence-corrected chi connectivity index (χ1v) is 16.2. The maximum atomic E-state index is 13.0. The van der Waals surface area contributed by atoms with E-state index >= 15 is 0 Å². The van der Waals surface area contributed by atoms with Gasteiger partial charge in [0.15, 0.2) is 0 Å². The lowest BCUT2D eigenvalue weighted by molar-refractivity contribution is -0.150. The Balaban J connectivity index is 0.000000442. The minimum Gasteiger partial charge on any atom is -0.508 e. The molecule has 1 amide bonds. The van der Waals surface area contributed by atoms with Crippen LogP contribution in [0.4, 0.5) is 0 Å². The Bertz CT molecular complexity index is 1740. The second kappa shape index (κ2) is 19.7. The van der Waals surface area contributed by atoms with E-state index in [0.717, 1.165) is 17.7 Å². The van der Waals surface area contributed by atoms with E-state index in [1.165, 1.54) is 34.3 Å². The van der Waals surface area contributed by atoms with Gasteiger partial charge in [-0.2, -0.15) is 0 Å². The van der Waals surface area contributed by atoms with E-state index in [1.807, 2.05) is 83.9 Å².